The molecule has 1 atom stereocenters. The van der Waals surface area contributed by atoms with Gasteiger partial charge in [0.1, 0.15) is 0 Å². The SMILES string of the molecule is C#CCOC(=O)C(=O)OC(C#C)CC#N. The average Bonchev–Trinajstić information content (AvgIpc) is 2.24. The summed E-state index contributed by atoms with van der Waals surface area (Å²) >= 11 is 0. The zero-order valence-corrected chi connectivity index (χ0v) is 7.73. The molecule has 0 saturated heterocycles. The van der Waals surface area contributed by atoms with Crippen molar-refractivity contribution in [2.45, 2.75) is 12.5 Å². The van der Waals surface area contributed by atoms with Crippen molar-refractivity contribution >= 4 is 11.9 Å². The number of terminal acetylenes is 2. The monoisotopic (exact) mass is 205 g/mol. The maximum Gasteiger partial charge on any atom is 0.418 e. The van der Waals surface area contributed by atoms with E-state index in [1.807, 2.05) is 11.8 Å². The summed E-state index contributed by atoms with van der Waals surface area (Å²) in [6, 6.07) is 1.70. The van der Waals surface area contributed by atoms with Crippen LogP contribution in [0.5, 0.6) is 0 Å². The standard InChI is InChI=1S/C10H7NO4/c1-3-7-14-9(12)10(13)15-8(4-2)5-6-11/h1-2,8H,5,7H2. The highest BCUT2D eigenvalue weighted by Gasteiger charge is 2.20. The molecule has 5 nitrogen and oxygen atoms in total. The van der Waals surface area contributed by atoms with Crippen LogP contribution in [-0.2, 0) is 19.1 Å². The van der Waals surface area contributed by atoms with Crippen molar-refractivity contribution in [2.24, 2.45) is 0 Å². The first kappa shape index (κ1) is 12.6. The van der Waals surface area contributed by atoms with Gasteiger partial charge in [0.25, 0.3) is 0 Å². The van der Waals surface area contributed by atoms with Gasteiger partial charge in [-0.2, -0.15) is 5.26 Å². The number of nitriles is 1. The summed E-state index contributed by atoms with van der Waals surface area (Å²) in [6.45, 7) is -0.326. The number of esters is 2. The number of carbonyl (C=O) groups excluding carboxylic acids is 2. The van der Waals surface area contributed by atoms with Gasteiger partial charge in [-0.3, -0.25) is 0 Å². The molecule has 0 spiro atoms. The smallest absolute Gasteiger partial charge is 0.418 e. The second-order valence-electron chi connectivity index (χ2n) is 2.20. The summed E-state index contributed by atoms with van der Waals surface area (Å²) in [7, 11) is 0. The Kier molecular flexibility index (Phi) is 5.86. The molecule has 0 radical (unpaired) electrons. The molecule has 0 aromatic rings. The average molecular weight is 205 g/mol. The van der Waals surface area contributed by atoms with Crippen molar-refractivity contribution in [3.05, 3.63) is 0 Å². The van der Waals surface area contributed by atoms with Gasteiger partial charge in [-0.1, -0.05) is 11.8 Å². The van der Waals surface area contributed by atoms with Crippen molar-refractivity contribution < 1.29 is 19.1 Å². The molecule has 0 aliphatic carbocycles. The van der Waals surface area contributed by atoms with E-state index in [4.69, 9.17) is 18.1 Å². The van der Waals surface area contributed by atoms with Crippen molar-refractivity contribution in [3.8, 4) is 30.8 Å². The van der Waals surface area contributed by atoms with Gasteiger partial charge in [-0.15, -0.1) is 12.8 Å². The lowest BCUT2D eigenvalue weighted by Crippen LogP contribution is -2.25. The third kappa shape index (κ3) is 4.98. The molecule has 76 valence electrons. The van der Waals surface area contributed by atoms with E-state index in [-0.39, 0.29) is 13.0 Å². The molecule has 0 N–H and O–H groups in total. The first-order chi connectivity index (χ1) is 7.15. The molecule has 1 unspecified atom stereocenters. The Hall–Kier alpha value is -2.45. The van der Waals surface area contributed by atoms with Gasteiger partial charge in [-0.05, 0) is 0 Å². The van der Waals surface area contributed by atoms with Crippen LogP contribution in [0.15, 0.2) is 0 Å². The lowest BCUT2D eigenvalue weighted by molar-refractivity contribution is -0.168. The fraction of sp³-hybridized carbons (Fsp3) is 0.300. The van der Waals surface area contributed by atoms with Gasteiger partial charge in [0.15, 0.2) is 12.7 Å². The maximum atomic E-state index is 10.9. The van der Waals surface area contributed by atoms with Gasteiger partial charge < -0.3 is 9.47 Å². The third-order valence-electron chi connectivity index (χ3n) is 1.17. The highest BCUT2D eigenvalue weighted by Crippen LogP contribution is 1.97. The third-order valence-corrected chi connectivity index (χ3v) is 1.17. The molecule has 0 aliphatic heterocycles. The zero-order valence-electron chi connectivity index (χ0n) is 7.73. The van der Waals surface area contributed by atoms with E-state index >= 15 is 0 Å². The maximum absolute atomic E-state index is 10.9. The first-order valence-electron chi connectivity index (χ1n) is 3.80. The lowest BCUT2D eigenvalue weighted by atomic mass is 10.3. The molecule has 0 aromatic carbocycles. The molecule has 0 rings (SSSR count). The van der Waals surface area contributed by atoms with Crippen molar-refractivity contribution in [1.29, 1.82) is 5.26 Å². The van der Waals surface area contributed by atoms with Gasteiger partial charge in [0, 0.05) is 0 Å². The minimum Gasteiger partial charge on any atom is -0.444 e. The molecule has 0 aromatic heterocycles. The Labute approximate surface area is 87.0 Å². The van der Waals surface area contributed by atoms with Crippen LogP contribution in [0.3, 0.4) is 0 Å². The van der Waals surface area contributed by atoms with Crippen molar-refractivity contribution in [2.75, 3.05) is 6.61 Å². The molecule has 0 saturated carbocycles. The fourth-order valence-corrected chi connectivity index (χ4v) is 0.561. The highest BCUT2D eigenvalue weighted by atomic mass is 16.6. The topological polar surface area (TPSA) is 76.4 Å². The summed E-state index contributed by atoms with van der Waals surface area (Å²) in [5.74, 6) is 1.54. The van der Waals surface area contributed by atoms with E-state index in [2.05, 4.69) is 9.47 Å². The Bertz CT molecular complexity index is 366. The molecule has 0 bridgehead atoms. The number of ether oxygens (including phenoxy) is 2. The fourth-order valence-electron chi connectivity index (χ4n) is 0.561. The van der Waals surface area contributed by atoms with E-state index in [0.29, 0.717) is 0 Å². The van der Waals surface area contributed by atoms with E-state index < -0.39 is 18.0 Å². The molecule has 0 aliphatic rings. The van der Waals surface area contributed by atoms with E-state index in [0.717, 1.165) is 0 Å². The van der Waals surface area contributed by atoms with Crippen LogP contribution in [0.25, 0.3) is 0 Å². The zero-order chi connectivity index (χ0) is 11.7. The van der Waals surface area contributed by atoms with Gasteiger partial charge in [-0.25, -0.2) is 9.59 Å². The van der Waals surface area contributed by atoms with Crippen LogP contribution in [0.4, 0.5) is 0 Å². The molecular weight excluding hydrogens is 198 g/mol. The van der Waals surface area contributed by atoms with Crippen LogP contribution in [-0.4, -0.2) is 24.6 Å². The summed E-state index contributed by atoms with van der Waals surface area (Å²) in [6.07, 6.45) is 8.50. The van der Waals surface area contributed by atoms with Gasteiger partial charge >= 0.3 is 11.9 Å². The second-order valence-corrected chi connectivity index (χ2v) is 2.20. The van der Waals surface area contributed by atoms with E-state index in [1.165, 1.54) is 0 Å². The number of hydrogen-bond donors (Lipinski definition) is 0. The number of rotatable bonds is 3. The Morgan fingerprint density at radius 3 is 2.47 bits per heavy atom. The quantitative estimate of drug-likeness (QED) is 0.356. The minimum absolute atomic E-state index is 0.190. The van der Waals surface area contributed by atoms with Crippen LogP contribution >= 0.6 is 0 Å². The predicted octanol–water partition coefficient (Wildman–Crippen LogP) is -0.379. The number of nitrogens with zero attached hydrogens (tertiary/aromatic N) is 1. The van der Waals surface area contributed by atoms with Gasteiger partial charge in [0.2, 0.25) is 0 Å². The summed E-state index contributed by atoms with van der Waals surface area (Å²) in [5, 5.41) is 8.28. The van der Waals surface area contributed by atoms with Crippen molar-refractivity contribution in [3.63, 3.8) is 0 Å². The largest absolute Gasteiger partial charge is 0.444 e. The Balaban J connectivity index is 4.14. The summed E-state index contributed by atoms with van der Waals surface area (Å²) in [5.41, 5.74) is 0. The first-order valence-corrected chi connectivity index (χ1v) is 3.80. The van der Waals surface area contributed by atoms with Crippen LogP contribution in [0.1, 0.15) is 6.42 Å². The predicted molar refractivity (Wildman–Crippen MR) is 48.7 cm³/mol. The van der Waals surface area contributed by atoms with Crippen LogP contribution in [0, 0.1) is 36.0 Å². The molecule has 0 amide bonds. The normalized spacial score (nSPS) is 9.93. The highest BCUT2D eigenvalue weighted by molar-refractivity contribution is 6.29. The Morgan fingerprint density at radius 2 is 2.00 bits per heavy atom. The minimum atomic E-state index is -1.26. The molecule has 0 heterocycles. The van der Waals surface area contributed by atoms with Gasteiger partial charge in [0.05, 0.1) is 12.5 Å². The molecule has 15 heavy (non-hydrogen) atoms. The number of carbonyl (C=O) groups is 2. The molecule has 0 fully saturated rings. The summed E-state index contributed by atoms with van der Waals surface area (Å²) < 4.78 is 8.73. The van der Waals surface area contributed by atoms with E-state index in [9.17, 15) is 9.59 Å². The van der Waals surface area contributed by atoms with Crippen LogP contribution < -0.4 is 0 Å². The molecular formula is C10H7NO4. The summed E-state index contributed by atoms with van der Waals surface area (Å²) in [4.78, 5) is 21.7. The second kappa shape index (κ2) is 7.00. The van der Waals surface area contributed by atoms with Crippen LogP contribution in [0.2, 0.25) is 0 Å². The molecule has 5 heteroatoms. The van der Waals surface area contributed by atoms with E-state index in [1.54, 1.807) is 6.07 Å². The lowest BCUT2D eigenvalue weighted by Gasteiger charge is -2.07. The van der Waals surface area contributed by atoms with Crippen molar-refractivity contribution in [1.82, 2.24) is 0 Å². The Morgan fingerprint density at radius 1 is 1.33 bits per heavy atom. The number of hydrogen-bond acceptors (Lipinski definition) is 5.